The van der Waals surface area contributed by atoms with Crippen molar-refractivity contribution in [1.29, 1.82) is 0 Å². The van der Waals surface area contributed by atoms with Crippen LogP contribution in [0.15, 0.2) is 41.3 Å². The topological polar surface area (TPSA) is 114 Å². The summed E-state index contributed by atoms with van der Waals surface area (Å²) in [7, 11) is -4.01. The van der Waals surface area contributed by atoms with E-state index in [-0.39, 0.29) is 16.3 Å². The molecule has 0 aliphatic carbocycles. The number of aromatic nitrogens is 3. The number of nitrogens with zero attached hydrogens (tertiary/aromatic N) is 3. The standard InChI is InChI=1S/C18H16ClN5O3S3/c1-9(2)15(17(25)21-18-20-11-7-6-10(19)8-13(11)28-18)24-30(26,27)14-5-3-4-12-16(14)23-29-22-12/h3-9,15,24H,1-2H3,(H,20,21,25)/t15-/m0/s1. The lowest BCUT2D eigenvalue weighted by Crippen LogP contribution is -2.47. The highest BCUT2D eigenvalue weighted by Crippen LogP contribution is 2.29. The number of carbonyl (C=O) groups is 1. The number of halogens is 1. The minimum atomic E-state index is -4.01. The third-order valence-electron chi connectivity index (χ3n) is 4.35. The number of anilines is 1. The molecular formula is C18H16ClN5O3S3. The molecule has 0 aliphatic heterocycles. The highest BCUT2D eigenvalue weighted by molar-refractivity contribution is 7.89. The van der Waals surface area contributed by atoms with E-state index in [1.54, 1.807) is 44.2 Å². The fourth-order valence-electron chi connectivity index (χ4n) is 2.86. The number of sulfonamides is 1. The van der Waals surface area contributed by atoms with Crippen molar-refractivity contribution in [2.75, 3.05) is 5.32 Å². The minimum Gasteiger partial charge on any atom is -0.301 e. The lowest BCUT2D eigenvalue weighted by Gasteiger charge is -2.21. The SMILES string of the molecule is CC(C)[C@H](NS(=O)(=O)c1cccc2nsnc12)C(=O)Nc1nc2ccc(Cl)cc2s1. The van der Waals surface area contributed by atoms with E-state index in [0.29, 0.717) is 21.2 Å². The number of carbonyl (C=O) groups excluding carboxylic acids is 1. The van der Waals surface area contributed by atoms with Crippen LogP contribution < -0.4 is 10.0 Å². The Kier molecular flexibility index (Phi) is 5.73. The summed E-state index contributed by atoms with van der Waals surface area (Å²) in [5, 5.41) is 3.65. The summed E-state index contributed by atoms with van der Waals surface area (Å²) in [5.74, 6) is -0.807. The molecule has 156 valence electrons. The Morgan fingerprint density at radius 2 is 1.93 bits per heavy atom. The van der Waals surface area contributed by atoms with Crippen LogP contribution in [0.3, 0.4) is 0 Å². The zero-order valence-corrected chi connectivity index (χ0v) is 19.0. The fourth-order valence-corrected chi connectivity index (χ4v) is 6.11. The number of amides is 1. The summed E-state index contributed by atoms with van der Waals surface area (Å²) in [4.78, 5) is 17.2. The molecule has 0 saturated carbocycles. The summed E-state index contributed by atoms with van der Waals surface area (Å²) >= 11 is 8.19. The van der Waals surface area contributed by atoms with Gasteiger partial charge in [0.1, 0.15) is 22.0 Å². The first-order chi connectivity index (χ1) is 14.2. The summed E-state index contributed by atoms with van der Waals surface area (Å²) < 4.78 is 37.5. The lowest BCUT2D eigenvalue weighted by atomic mass is 10.1. The van der Waals surface area contributed by atoms with Crippen molar-refractivity contribution in [2.24, 2.45) is 5.92 Å². The predicted molar refractivity (Wildman–Crippen MR) is 120 cm³/mol. The quantitative estimate of drug-likeness (QED) is 0.431. The van der Waals surface area contributed by atoms with E-state index in [0.717, 1.165) is 16.4 Å². The maximum atomic E-state index is 13.0. The van der Waals surface area contributed by atoms with Crippen LogP contribution in [-0.4, -0.2) is 34.1 Å². The first-order valence-electron chi connectivity index (χ1n) is 8.85. The van der Waals surface area contributed by atoms with E-state index in [2.05, 4.69) is 23.8 Å². The maximum Gasteiger partial charge on any atom is 0.244 e. The van der Waals surface area contributed by atoms with Gasteiger partial charge in [-0.05, 0) is 36.2 Å². The van der Waals surface area contributed by atoms with Crippen molar-refractivity contribution < 1.29 is 13.2 Å². The lowest BCUT2D eigenvalue weighted by molar-refractivity contribution is -0.118. The molecule has 0 radical (unpaired) electrons. The van der Waals surface area contributed by atoms with Crippen LogP contribution in [-0.2, 0) is 14.8 Å². The maximum absolute atomic E-state index is 13.0. The average molecular weight is 482 g/mol. The molecule has 0 bridgehead atoms. The molecule has 2 aromatic heterocycles. The van der Waals surface area contributed by atoms with Gasteiger partial charge in [0.2, 0.25) is 15.9 Å². The summed E-state index contributed by atoms with van der Waals surface area (Å²) in [5.41, 5.74) is 1.46. The molecule has 2 heterocycles. The summed E-state index contributed by atoms with van der Waals surface area (Å²) in [6.07, 6.45) is 0. The smallest absolute Gasteiger partial charge is 0.244 e. The average Bonchev–Trinajstić information content (AvgIpc) is 3.31. The number of hydrogen-bond donors (Lipinski definition) is 2. The number of rotatable bonds is 6. The van der Waals surface area contributed by atoms with Gasteiger partial charge in [-0.25, -0.2) is 13.4 Å². The minimum absolute atomic E-state index is 0.0122. The van der Waals surface area contributed by atoms with Crippen molar-refractivity contribution >= 4 is 77.0 Å². The zero-order valence-electron chi connectivity index (χ0n) is 15.8. The molecular weight excluding hydrogens is 466 g/mol. The molecule has 30 heavy (non-hydrogen) atoms. The van der Waals surface area contributed by atoms with Gasteiger partial charge in [0, 0.05) is 5.02 Å². The van der Waals surface area contributed by atoms with Gasteiger partial charge < -0.3 is 5.32 Å². The molecule has 1 amide bonds. The fraction of sp³-hybridized carbons (Fsp3) is 0.222. The van der Waals surface area contributed by atoms with Crippen molar-refractivity contribution in [2.45, 2.75) is 24.8 Å². The second kappa shape index (κ2) is 8.16. The van der Waals surface area contributed by atoms with Crippen molar-refractivity contribution in [3.63, 3.8) is 0 Å². The van der Waals surface area contributed by atoms with Crippen LogP contribution in [0.1, 0.15) is 13.8 Å². The van der Waals surface area contributed by atoms with E-state index >= 15 is 0 Å². The number of thiazole rings is 1. The molecule has 4 rings (SSSR count). The second-order valence-corrected chi connectivity index (χ2v) is 10.5. The number of nitrogens with one attached hydrogen (secondary N) is 2. The molecule has 0 spiro atoms. The van der Waals surface area contributed by atoms with E-state index in [1.165, 1.54) is 17.4 Å². The Labute approximate surface area is 185 Å². The molecule has 0 saturated heterocycles. The third-order valence-corrected chi connectivity index (χ3v) is 7.53. The van der Waals surface area contributed by atoms with Crippen LogP contribution in [0.5, 0.6) is 0 Å². The van der Waals surface area contributed by atoms with Gasteiger partial charge in [0.15, 0.2) is 5.13 Å². The molecule has 2 N–H and O–H groups in total. The Morgan fingerprint density at radius 1 is 1.13 bits per heavy atom. The molecule has 0 aliphatic rings. The second-order valence-electron chi connectivity index (χ2n) is 6.85. The molecule has 12 heteroatoms. The van der Waals surface area contributed by atoms with Gasteiger partial charge in [-0.1, -0.05) is 42.9 Å². The van der Waals surface area contributed by atoms with E-state index in [9.17, 15) is 13.2 Å². The number of hydrogen-bond acceptors (Lipinski definition) is 8. The van der Waals surface area contributed by atoms with Crippen LogP contribution in [0.4, 0.5) is 5.13 Å². The number of fused-ring (bicyclic) bond motifs is 2. The van der Waals surface area contributed by atoms with Crippen LogP contribution in [0, 0.1) is 5.92 Å². The monoisotopic (exact) mass is 481 g/mol. The molecule has 0 fully saturated rings. The van der Waals surface area contributed by atoms with Gasteiger partial charge in [-0.2, -0.15) is 13.5 Å². The van der Waals surface area contributed by atoms with Gasteiger partial charge >= 0.3 is 0 Å². The van der Waals surface area contributed by atoms with Gasteiger partial charge in [0.05, 0.1) is 21.9 Å². The number of benzene rings is 2. The Balaban J connectivity index is 1.59. The molecule has 4 aromatic rings. The van der Waals surface area contributed by atoms with E-state index in [4.69, 9.17) is 11.6 Å². The molecule has 1 atom stereocenters. The van der Waals surface area contributed by atoms with Crippen LogP contribution in [0.25, 0.3) is 21.3 Å². The van der Waals surface area contributed by atoms with Crippen molar-refractivity contribution in [3.05, 3.63) is 41.4 Å². The van der Waals surface area contributed by atoms with Crippen molar-refractivity contribution in [1.82, 2.24) is 18.5 Å². The van der Waals surface area contributed by atoms with E-state index < -0.39 is 22.0 Å². The first kappa shape index (κ1) is 21.1. The Bertz CT molecular complexity index is 1350. The summed E-state index contributed by atoms with van der Waals surface area (Å²) in [6.45, 7) is 3.52. The van der Waals surface area contributed by atoms with Gasteiger partial charge in [-0.15, -0.1) is 0 Å². The highest BCUT2D eigenvalue weighted by atomic mass is 35.5. The first-order valence-corrected chi connectivity index (χ1v) is 12.3. The van der Waals surface area contributed by atoms with Crippen LogP contribution in [0.2, 0.25) is 5.02 Å². The van der Waals surface area contributed by atoms with Crippen LogP contribution >= 0.6 is 34.7 Å². The molecule has 8 nitrogen and oxygen atoms in total. The van der Waals surface area contributed by atoms with Crippen molar-refractivity contribution in [3.8, 4) is 0 Å². The van der Waals surface area contributed by atoms with Gasteiger partial charge in [0.25, 0.3) is 0 Å². The Morgan fingerprint density at radius 3 is 2.70 bits per heavy atom. The normalized spacial score (nSPS) is 13.2. The van der Waals surface area contributed by atoms with E-state index in [1.807, 2.05) is 0 Å². The Hall–Kier alpha value is -2.18. The largest absolute Gasteiger partial charge is 0.301 e. The summed E-state index contributed by atoms with van der Waals surface area (Å²) in [6, 6.07) is 8.95. The third kappa shape index (κ3) is 4.16. The predicted octanol–water partition coefficient (Wildman–Crippen LogP) is 3.90. The highest BCUT2D eigenvalue weighted by Gasteiger charge is 2.30. The zero-order chi connectivity index (χ0) is 21.5. The molecule has 0 unspecified atom stereocenters. The van der Waals surface area contributed by atoms with Gasteiger partial charge in [-0.3, -0.25) is 4.79 Å². The molecule has 2 aromatic carbocycles.